The molecule has 0 aliphatic carbocycles. The predicted molar refractivity (Wildman–Crippen MR) is 130 cm³/mol. The summed E-state index contributed by atoms with van der Waals surface area (Å²) in [6.07, 6.45) is 0. The van der Waals surface area contributed by atoms with Gasteiger partial charge in [-0.15, -0.1) is 11.3 Å². The quantitative estimate of drug-likeness (QED) is 0.459. The maximum atomic E-state index is 12.9. The Bertz CT molecular complexity index is 1230. The van der Waals surface area contributed by atoms with E-state index in [4.69, 9.17) is 4.74 Å². The summed E-state index contributed by atoms with van der Waals surface area (Å²) >= 11 is 1.24. The van der Waals surface area contributed by atoms with Crippen molar-refractivity contribution in [1.29, 1.82) is 0 Å². The lowest BCUT2D eigenvalue weighted by Gasteiger charge is -2.21. The second-order valence-electron chi connectivity index (χ2n) is 7.53. The molecule has 1 N–H and O–H groups in total. The fourth-order valence-corrected chi connectivity index (χ4v) is 5.37. The van der Waals surface area contributed by atoms with Gasteiger partial charge in [-0.2, -0.15) is 4.31 Å². The van der Waals surface area contributed by atoms with Crippen LogP contribution in [0.1, 0.15) is 40.8 Å². The third kappa shape index (κ3) is 5.50. The number of esters is 1. The van der Waals surface area contributed by atoms with Crippen LogP contribution in [-0.2, 0) is 14.8 Å². The molecule has 3 aromatic rings. The zero-order valence-electron chi connectivity index (χ0n) is 18.9. The van der Waals surface area contributed by atoms with E-state index in [2.05, 4.69) is 5.32 Å². The second kappa shape index (κ2) is 10.3. The lowest BCUT2D eigenvalue weighted by atomic mass is 10.2. The topological polar surface area (TPSA) is 92.8 Å². The van der Waals surface area contributed by atoms with Crippen molar-refractivity contribution in [3.8, 4) is 10.4 Å². The Kier molecular flexibility index (Phi) is 7.68. The Labute approximate surface area is 198 Å². The smallest absolute Gasteiger partial charge is 0.350 e. The molecule has 0 saturated heterocycles. The minimum atomic E-state index is -3.65. The zero-order chi connectivity index (χ0) is 24.2. The summed E-state index contributed by atoms with van der Waals surface area (Å²) in [6.45, 7) is 5.50. The number of thiophene rings is 1. The van der Waals surface area contributed by atoms with Gasteiger partial charge < -0.3 is 10.1 Å². The fraction of sp³-hybridized carbons (Fsp3) is 0.250. The summed E-state index contributed by atoms with van der Waals surface area (Å²) in [5.74, 6) is -0.975. The highest BCUT2D eigenvalue weighted by atomic mass is 32.2. The summed E-state index contributed by atoms with van der Waals surface area (Å²) in [4.78, 5) is 26.6. The third-order valence-electron chi connectivity index (χ3n) is 5.02. The van der Waals surface area contributed by atoms with Gasteiger partial charge >= 0.3 is 5.97 Å². The largest absolute Gasteiger partial charge is 0.462 e. The van der Waals surface area contributed by atoms with Gasteiger partial charge in [-0.1, -0.05) is 30.3 Å². The van der Waals surface area contributed by atoms with Gasteiger partial charge in [0.15, 0.2) is 0 Å². The van der Waals surface area contributed by atoms with E-state index in [1.165, 1.54) is 47.0 Å². The highest BCUT2D eigenvalue weighted by Gasteiger charge is 2.24. The van der Waals surface area contributed by atoms with Crippen LogP contribution in [0.5, 0.6) is 0 Å². The summed E-state index contributed by atoms with van der Waals surface area (Å²) < 4.78 is 31.7. The van der Waals surface area contributed by atoms with Crippen molar-refractivity contribution < 1.29 is 22.7 Å². The molecular weight excluding hydrogens is 460 g/mol. The summed E-state index contributed by atoms with van der Waals surface area (Å²) in [6, 6.07) is 16.8. The molecule has 1 amide bonds. The van der Waals surface area contributed by atoms with E-state index in [0.29, 0.717) is 10.6 Å². The van der Waals surface area contributed by atoms with Gasteiger partial charge in [0.2, 0.25) is 10.0 Å². The Balaban J connectivity index is 1.88. The lowest BCUT2D eigenvalue weighted by Crippen LogP contribution is -2.33. The van der Waals surface area contributed by atoms with Crippen LogP contribution in [0.15, 0.2) is 65.6 Å². The zero-order valence-corrected chi connectivity index (χ0v) is 20.5. The average Bonchev–Trinajstić information content (AvgIpc) is 3.23. The van der Waals surface area contributed by atoms with E-state index >= 15 is 0 Å². The molecule has 3 rings (SSSR count). The molecule has 33 heavy (non-hydrogen) atoms. The van der Waals surface area contributed by atoms with Gasteiger partial charge in [0.1, 0.15) is 4.88 Å². The number of sulfonamides is 1. The van der Waals surface area contributed by atoms with Crippen molar-refractivity contribution >= 4 is 38.9 Å². The van der Waals surface area contributed by atoms with E-state index < -0.39 is 21.9 Å². The first kappa shape index (κ1) is 24.6. The minimum Gasteiger partial charge on any atom is -0.462 e. The molecule has 0 atom stereocenters. The number of anilines is 1. The number of benzene rings is 2. The molecule has 0 fully saturated rings. The highest BCUT2D eigenvalue weighted by Crippen LogP contribution is 2.35. The minimum absolute atomic E-state index is 0.101. The Morgan fingerprint density at radius 1 is 1.06 bits per heavy atom. The summed E-state index contributed by atoms with van der Waals surface area (Å²) in [7, 11) is -2.14. The van der Waals surface area contributed by atoms with Crippen LogP contribution in [-0.4, -0.2) is 44.3 Å². The number of hydrogen-bond acceptors (Lipinski definition) is 6. The molecule has 0 bridgehead atoms. The van der Waals surface area contributed by atoms with Crippen LogP contribution in [0.3, 0.4) is 0 Å². The van der Waals surface area contributed by atoms with E-state index in [0.717, 1.165) is 10.4 Å². The van der Waals surface area contributed by atoms with E-state index in [1.807, 2.05) is 30.3 Å². The Hall–Kier alpha value is -3.01. The predicted octanol–water partition coefficient (Wildman–Crippen LogP) is 4.87. The van der Waals surface area contributed by atoms with E-state index in [-0.39, 0.29) is 23.1 Å². The molecule has 1 aromatic heterocycles. The van der Waals surface area contributed by atoms with Crippen molar-refractivity contribution in [2.75, 3.05) is 19.0 Å². The van der Waals surface area contributed by atoms with Gasteiger partial charge in [0.05, 0.1) is 17.2 Å². The molecule has 7 nitrogen and oxygen atoms in total. The molecule has 0 radical (unpaired) electrons. The van der Waals surface area contributed by atoms with Crippen LogP contribution >= 0.6 is 11.3 Å². The van der Waals surface area contributed by atoms with Gasteiger partial charge in [-0.05, 0) is 56.7 Å². The second-order valence-corrected chi connectivity index (χ2v) is 10.6. The van der Waals surface area contributed by atoms with Gasteiger partial charge in [-0.3, -0.25) is 4.79 Å². The first-order valence-corrected chi connectivity index (χ1v) is 12.7. The van der Waals surface area contributed by atoms with Gasteiger partial charge in [0.25, 0.3) is 5.91 Å². The SMILES string of the molecule is CCOC(=O)c1sc(-c2ccccc2)cc1NC(=O)c1ccc(S(=O)(=O)N(C)C(C)C)cc1. The number of carbonyl (C=O) groups is 2. The monoisotopic (exact) mass is 486 g/mol. The number of nitrogens with one attached hydrogen (secondary N) is 1. The van der Waals surface area contributed by atoms with Crippen molar-refractivity contribution in [3.05, 3.63) is 71.1 Å². The first-order valence-electron chi connectivity index (χ1n) is 10.4. The van der Waals surface area contributed by atoms with Crippen LogP contribution in [0.25, 0.3) is 10.4 Å². The molecule has 0 aliphatic rings. The molecular formula is C24H26N2O5S2. The molecule has 0 spiro atoms. The van der Waals surface area contributed by atoms with Crippen LogP contribution in [0.4, 0.5) is 5.69 Å². The molecule has 0 aliphatic heterocycles. The maximum Gasteiger partial charge on any atom is 0.350 e. The van der Waals surface area contributed by atoms with Crippen molar-refractivity contribution in [3.63, 3.8) is 0 Å². The van der Waals surface area contributed by atoms with Crippen LogP contribution in [0.2, 0.25) is 0 Å². The van der Waals surface area contributed by atoms with Crippen LogP contribution in [0, 0.1) is 0 Å². The third-order valence-corrected chi connectivity index (χ3v) is 8.23. The number of amides is 1. The number of nitrogens with zero attached hydrogens (tertiary/aromatic N) is 1. The Morgan fingerprint density at radius 3 is 2.27 bits per heavy atom. The van der Waals surface area contributed by atoms with Crippen molar-refractivity contribution in [2.24, 2.45) is 0 Å². The molecule has 1 heterocycles. The normalized spacial score (nSPS) is 11.6. The van der Waals surface area contributed by atoms with E-state index in [9.17, 15) is 18.0 Å². The fourth-order valence-electron chi connectivity index (χ4n) is 2.99. The van der Waals surface area contributed by atoms with Crippen molar-refractivity contribution in [1.82, 2.24) is 4.31 Å². The number of carbonyl (C=O) groups excluding carboxylic acids is 2. The molecule has 2 aromatic carbocycles. The number of ether oxygens (including phenoxy) is 1. The van der Waals surface area contributed by atoms with Gasteiger partial charge in [0, 0.05) is 23.5 Å². The lowest BCUT2D eigenvalue weighted by molar-refractivity contribution is 0.0533. The molecule has 9 heteroatoms. The number of hydrogen-bond donors (Lipinski definition) is 1. The average molecular weight is 487 g/mol. The maximum absolute atomic E-state index is 12.9. The highest BCUT2D eigenvalue weighted by molar-refractivity contribution is 7.89. The summed E-state index contributed by atoms with van der Waals surface area (Å²) in [5.41, 5.74) is 1.53. The Morgan fingerprint density at radius 2 is 1.70 bits per heavy atom. The first-order chi connectivity index (χ1) is 15.6. The molecule has 174 valence electrons. The van der Waals surface area contributed by atoms with Crippen LogP contribution < -0.4 is 5.32 Å². The number of rotatable bonds is 8. The standard InChI is InChI=1S/C24H26N2O5S2/c1-5-31-24(28)22-20(15-21(32-22)17-9-7-6-8-10-17)25-23(27)18-11-13-19(14-12-18)33(29,30)26(4)16(2)3/h6-16H,5H2,1-4H3,(H,25,27). The summed E-state index contributed by atoms with van der Waals surface area (Å²) in [5, 5.41) is 2.77. The molecule has 0 saturated carbocycles. The van der Waals surface area contributed by atoms with Crippen molar-refractivity contribution in [2.45, 2.75) is 31.7 Å². The van der Waals surface area contributed by atoms with E-state index in [1.54, 1.807) is 26.8 Å². The van der Waals surface area contributed by atoms with Gasteiger partial charge in [-0.25, -0.2) is 13.2 Å². The molecule has 0 unspecified atom stereocenters.